The number of fused-ring (bicyclic) bond motifs is 8. The number of aldehydes is 1. The molecular formula is C59H45Al2Cl2FKN4O8. The molecule has 0 saturated carbocycles. The van der Waals surface area contributed by atoms with Gasteiger partial charge >= 0.3 is 88.0 Å². The van der Waals surface area contributed by atoms with Crippen molar-refractivity contribution >= 4 is 107 Å². The summed E-state index contributed by atoms with van der Waals surface area (Å²) in [6, 6.07) is 58.4. The van der Waals surface area contributed by atoms with E-state index in [1.807, 2.05) is 128 Å². The molecule has 0 aliphatic heterocycles. The van der Waals surface area contributed by atoms with Gasteiger partial charge in [-0.1, -0.05) is 140 Å². The van der Waals surface area contributed by atoms with E-state index in [9.17, 15) is 25.0 Å². The molecule has 18 heteroatoms. The van der Waals surface area contributed by atoms with Crippen LogP contribution in [0.5, 0.6) is 0 Å². The quantitative estimate of drug-likeness (QED) is 0.0520. The van der Waals surface area contributed by atoms with Crippen molar-refractivity contribution in [3.63, 3.8) is 0 Å². The zero-order valence-electron chi connectivity index (χ0n) is 40.6. The molecule has 0 unspecified atom stereocenters. The van der Waals surface area contributed by atoms with Crippen LogP contribution in [-0.4, -0.2) is 63.4 Å². The average Bonchev–Trinajstić information content (AvgIpc) is 4.21. The van der Waals surface area contributed by atoms with Crippen molar-refractivity contribution < 1.29 is 83.7 Å². The molecule has 0 fully saturated rings. The average molecular weight is 1120 g/mol. The third kappa shape index (κ3) is 14.4. The summed E-state index contributed by atoms with van der Waals surface area (Å²) >= 11 is 14.7. The van der Waals surface area contributed by atoms with E-state index in [-0.39, 0.29) is 84.7 Å². The number of hydrogen-bond acceptors (Lipinski definition) is 8. The van der Waals surface area contributed by atoms with Gasteiger partial charge in [-0.25, -0.2) is 0 Å². The van der Waals surface area contributed by atoms with Crippen molar-refractivity contribution in [1.82, 2.24) is 9.13 Å². The van der Waals surface area contributed by atoms with Crippen LogP contribution in [-0.2, 0) is 27.3 Å². The summed E-state index contributed by atoms with van der Waals surface area (Å²) in [5.74, 6) is 0. The first-order valence-corrected chi connectivity index (χ1v) is 24.5. The van der Waals surface area contributed by atoms with E-state index in [2.05, 4.69) is 61.7 Å². The summed E-state index contributed by atoms with van der Waals surface area (Å²) in [4.78, 5) is 32.6. The molecule has 10 aromatic rings. The van der Waals surface area contributed by atoms with Gasteiger partial charge in [0.2, 0.25) is 0 Å². The van der Waals surface area contributed by atoms with E-state index in [1.54, 1.807) is 40.9 Å². The van der Waals surface area contributed by atoms with Crippen molar-refractivity contribution in [3.8, 4) is 22.3 Å². The molecule has 377 valence electrons. The van der Waals surface area contributed by atoms with Gasteiger partial charge in [0.15, 0.2) is 6.29 Å². The molecule has 0 bridgehead atoms. The van der Waals surface area contributed by atoms with Crippen LogP contribution >= 0.6 is 23.2 Å². The molecule has 2 aliphatic rings. The first-order chi connectivity index (χ1) is 36.0. The van der Waals surface area contributed by atoms with E-state index in [0.717, 1.165) is 119 Å². The van der Waals surface area contributed by atoms with Crippen LogP contribution in [0.1, 0.15) is 56.7 Å². The Morgan fingerprint density at radius 2 is 0.974 bits per heavy atom. The van der Waals surface area contributed by atoms with E-state index in [0.29, 0.717) is 0 Å². The fourth-order valence-corrected chi connectivity index (χ4v) is 9.60. The van der Waals surface area contributed by atoms with E-state index in [4.69, 9.17) is 32.3 Å². The number of benzene rings is 8. The van der Waals surface area contributed by atoms with Crippen molar-refractivity contribution in [1.29, 1.82) is 0 Å². The second-order valence-corrected chi connectivity index (χ2v) is 18.0. The Morgan fingerprint density at radius 1 is 0.558 bits per heavy atom. The predicted octanol–water partition coefficient (Wildman–Crippen LogP) is 8.85. The molecule has 0 atom stereocenters. The number of carbonyl (C=O) groups is 1. The molecular weight excluding hydrogens is 1080 g/mol. The number of para-hydroxylation sites is 2. The van der Waals surface area contributed by atoms with Gasteiger partial charge in [-0.2, -0.15) is 0 Å². The molecule has 2 heterocycles. The van der Waals surface area contributed by atoms with E-state index < -0.39 is 0 Å². The molecule has 3 radical (unpaired) electrons. The third-order valence-corrected chi connectivity index (χ3v) is 13.1. The van der Waals surface area contributed by atoms with Crippen LogP contribution in [0.15, 0.2) is 194 Å². The summed E-state index contributed by atoms with van der Waals surface area (Å²) in [5.41, 5.74) is 16.3. The van der Waals surface area contributed by atoms with Crippen molar-refractivity contribution in [3.05, 3.63) is 269 Å². The SMILES string of the molecule is C.O=Cc1cn(Cc2ccc(Cl)cc2)c2ccccc12.O=[N+]([O-])c1ccc2c(c1)C(=Cc1cn(Cc3ccc(Cl)cc3)c3ccccc13)c1ccccc1-2.O=[N+]([O-])c1ccc2c(c1)Cc1ccccc1-2.O[O][Al].[F-].[K+].[O]=[Al]. The summed E-state index contributed by atoms with van der Waals surface area (Å²) in [5, 5.41) is 32.8. The second-order valence-electron chi connectivity index (χ2n) is 17.0. The Hall–Kier alpha value is -6.02. The van der Waals surface area contributed by atoms with Gasteiger partial charge in [-0.15, -0.1) is 0 Å². The molecule has 1 N–H and O–H groups in total. The molecule has 12 rings (SSSR count). The van der Waals surface area contributed by atoms with Crippen LogP contribution < -0.4 is 56.1 Å². The fraction of sp³-hybridized carbons (Fsp3) is 0.0678. The van der Waals surface area contributed by atoms with Gasteiger partial charge in [-0.05, 0) is 122 Å². The van der Waals surface area contributed by atoms with Crippen molar-refractivity contribution in [2.45, 2.75) is 26.9 Å². The Kier molecular flexibility index (Phi) is 23.4. The standard InChI is InChI=1S/C29H19ClN2O2.C16H12ClNO.C13H9NO2.CH4.2Al.FH.K.H2O2.O/c30-21-11-9-19(10-12-21)17-31-18-20(23-5-3-4-8-29(23)31)15-27-25-7-2-1-6-24(25)26-14-13-22(32(33)34)16-28(26)27;17-14-7-5-12(6-8-14)9-18-10-13(11-19)15-3-1-2-4-16(15)18;15-14(16)11-5-6-13-10(8-11)7-9-3-1-2-4-12(9)13;;;;;;1-2;/h1-16,18H,17H2;1-8,10-11H,9H2;1-6,8H,7H2;1H4;;;1H;;1-2H;/q;;;;;+1;;+1;;/p-2. The number of non-ortho nitro benzene ring substituents is 2. The number of nitrogens with zero attached hydrogens (tertiary/aromatic N) is 4. The maximum absolute atomic E-state index is 11.5. The normalized spacial score (nSPS) is 11.3. The van der Waals surface area contributed by atoms with Gasteiger partial charge in [0.1, 0.15) is 0 Å². The van der Waals surface area contributed by atoms with Gasteiger partial charge in [0, 0.05) is 92.7 Å². The minimum absolute atomic E-state index is 0. The third-order valence-electron chi connectivity index (χ3n) is 12.6. The summed E-state index contributed by atoms with van der Waals surface area (Å²) in [6.07, 6.45) is 7.92. The Morgan fingerprint density at radius 3 is 1.51 bits per heavy atom. The topological polar surface area (TPSA) is 160 Å². The minimum atomic E-state index is -0.344. The van der Waals surface area contributed by atoms with Crippen LogP contribution in [0, 0.1) is 20.2 Å². The zero-order valence-corrected chi connectivity index (χ0v) is 47.6. The predicted molar refractivity (Wildman–Crippen MR) is 300 cm³/mol. The summed E-state index contributed by atoms with van der Waals surface area (Å²) < 4.78 is 15.7. The summed E-state index contributed by atoms with van der Waals surface area (Å²) in [6.45, 7) is 1.45. The van der Waals surface area contributed by atoms with Gasteiger partial charge in [-0.3, -0.25) is 30.3 Å². The van der Waals surface area contributed by atoms with Crippen molar-refractivity contribution in [2.24, 2.45) is 0 Å². The molecule has 2 aromatic heterocycles. The number of aromatic nitrogens is 2. The molecule has 8 aromatic carbocycles. The molecule has 0 amide bonds. The van der Waals surface area contributed by atoms with E-state index >= 15 is 0 Å². The number of nitro benzene ring substituents is 2. The van der Waals surface area contributed by atoms with Crippen LogP contribution in [0.25, 0.3) is 55.7 Å². The maximum atomic E-state index is 11.5. The van der Waals surface area contributed by atoms with Crippen LogP contribution in [0.2, 0.25) is 10.0 Å². The molecule has 0 spiro atoms. The summed E-state index contributed by atoms with van der Waals surface area (Å²) in [7, 11) is 0. The number of halogens is 3. The fourth-order valence-electron chi connectivity index (χ4n) is 9.35. The zero-order chi connectivity index (χ0) is 52.3. The second kappa shape index (κ2) is 29.1. The number of rotatable bonds is 8. The Labute approximate surface area is 513 Å². The molecule has 77 heavy (non-hydrogen) atoms. The molecule has 12 nitrogen and oxygen atoms in total. The molecule has 2 aliphatic carbocycles. The Bertz CT molecular complexity index is 3730. The number of hydrogen-bond donors (Lipinski definition) is 1. The molecule has 0 saturated heterocycles. The van der Waals surface area contributed by atoms with Crippen molar-refractivity contribution in [2.75, 3.05) is 0 Å². The van der Waals surface area contributed by atoms with Crippen LogP contribution in [0.3, 0.4) is 0 Å². The van der Waals surface area contributed by atoms with Gasteiger partial charge in [0.05, 0.1) is 9.85 Å². The first kappa shape index (κ1) is 61.8. The van der Waals surface area contributed by atoms with Gasteiger partial charge in [0.25, 0.3) is 11.4 Å². The monoisotopic (exact) mass is 1120 g/mol. The van der Waals surface area contributed by atoms with Gasteiger partial charge < -0.3 is 17.8 Å². The van der Waals surface area contributed by atoms with Crippen LogP contribution in [0.4, 0.5) is 11.4 Å². The Balaban J connectivity index is 0.000000217. The van der Waals surface area contributed by atoms with E-state index in [1.165, 1.54) is 27.4 Å². The number of nitro groups is 2. The number of carbonyl (C=O) groups excluding carboxylic acids is 1. The first-order valence-electron chi connectivity index (χ1n) is 22.8.